The molecular weight excluding hydrogens is 180 g/mol. The second kappa shape index (κ2) is 3.51. The Morgan fingerprint density at radius 1 is 1.50 bits per heavy atom. The molecule has 2 saturated carbocycles. The number of nitrogens with one attached hydrogen (secondary N) is 1. The van der Waals surface area contributed by atoms with E-state index in [0.29, 0.717) is 6.54 Å². The van der Waals surface area contributed by atoms with Gasteiger partial charge in [0.05, 0.1) is 11.6 Å². The van der Waals surface area contributed by atoms with E-state index in [2.05, 4.69) is 5.32 Å². The number of carbonyl (C=O) groups is 1. The zero-order valence-corrected chi connectivity index (χ0v) is 8.33. The van der Waals surface area contributed by atoms with Gasteiger partial charge < -0.3 is 16.2 Å². The van der Waals surface area contributed by atoms with Gasteiger partial charge in [0.2, 0.25) is 5.91 Å². The van der Waals surface area contributed by atoms with Crippen molar-refractivity contribution in [3.8, 4) is 0 Å². The molecule has 2 aliphatic carbocycles. The molecule has 0 spiro atoms. The van der Waals surface area contributed by atoms with Crippen LogP contribution >= 0.6 is 0 Å². The predicted octanol–water partition coefficient (Wildman–Crippen LogP) is -0.245. The van der Waals surface area contributed by atoms with Gasteiger partial charge in [0.25, 0.3) is 0 Å². The molecule has 14 heavy (non-hydrogen) atoms. The minimum absolute atomic E-state index is 0.0448. The molecule has 4 heteroatoms. The fraction of sp³-hybridized carbons (Fsp3) is 0.900. The van der Waals surface area contributed by atoms with Crippen molar-refractivity contribution in [2.45, 2.75) is 43.7 Å². The molecule has 0 aromatic carbocycles. The van der Waals surface area contributed by atoms with Crippen LogP contribution in [0, 0.1) is 5.92 Å². The van der Waals surface area contributed by atoms with Crippen molar-refractivity contribution in [1.82, 2.24) is 5.32 Å². The molecule has 0 radical (unpaired) electrons. The van der Waals surface area contributed by atoms with Crippen molar-refractivity contribution in [1.29, 1.82) is 0 Å². The maximum Gasteiger partial charge on any atom is 0.240 e. The standard InChI is InChI=1S/C10H18N2O2/c11-10(4-5-10)9(14)12-6-7-2-1-3-8(7)13/h7-8,13H,1-6,11H2,(H,12,14). The number of hydrogen-bond acceptors (Lipinski definition) is 3. The Balaban J connectivity index is 1.74. The van der Waals surface area contributed by atoms with E-state index in [0.717, 1.165) is 32.1 Å². The van der Waals surface area contributed by atoms with Crippen molar-refractivity contribution in [2.24, 2.45) is 11.7 Å². The summed E-state index contributed by atoms with van der Waals surface area (Å²) in [6, 6.07) is 0. The van der Waals surface area contributed by atoms with Gasteiger partial charge >= 0.3 is 0 Å². The lowest BCUT2D eigenvalue weighted by Gasteiger charge is -2.16. The molecule has 2 aliphatic rings. The lowest BCUT2D eigenvalue weighted by atomic mass is 10.1. The van der Waals surface area contributed by atoms with E-state index in [-0.39, 0.29) is 17.9 Å². The van der Waals surface area contributed by atoms with Gasteiger partial charge in [0.15, 0.2) is 0 Å². The van der Waals surface area contributed by atoms with Crippen LogP contribution in [0.3, 0.4) is 0 Å². The van der Waals surface area contributed by atoms with E-state index in [1.807, 2.05) is 0 Å². The largest absolute Gasteiger partial charge is 0.393 e. The molecule has 1 amide bonds. The highest BCUT2D eigenvalue weighted by atomic mass is 16.3. The molecule has 2 fully saturated rings. The summed E-state index contributed by atoms with van der Waals surface area (Å²) >= 11 is 0. The van der Waals surface area contributed by atoms with Crippen molar-refractivity contribution in [3.63, 3.8) is 0 Å². The van der Waals surface area contributed by atoms with Crippen molar-refractivity contribution < 1.29 is 9.90 Å². The van der Waals surface area contributed by atoms with Gasteiger partial charge in [0.1, 0.15) is 0 Å². The first-order valence-corrected chi connectivity index (χ1v) is 5.37. The van der Waals surface area contributed by atoms with Gasteiger partial charge in [-0.3, -0.25) is 4.79 Å². The zero-order chi connectivity index (χ0) is 10.2. The van der Waals surface area contributed by atoms with Crippen molar-refractivity contribution in [2.75, 3.05) is 6.54 Å². The number of carbonyl (C=O) groups excluding carboxylic acids is 1. The number of aliphatic hydroxyl groups excluding tert-OH is 1. The predicted molar refractivity (Wildman–Crippen MR) is 52.5 cm³/mol. The molecule has 2 atom stereocenters. The second-order valence-electron chi connectivity index (χ2n) is 4.62. The van der Waals surface area contributed by atoms with Crippen molar-refractivity contribution in [3.05, 3.63) is 0 Å². The molecule has 4 nitrogen and oxygen atoms in total. The van der Waals surface area contributed by atoms with E-state index in [1.165, 1.54) is 0 Å². The molecular formula is C10H18N2O2. The average molecular weight is 198 g/mol. The molecule has 0 aromatic rings. The molecule has 2 rings (SSSR count). The third-order valence-corrected chi connectivity index (χ3v) is 3.38. The second-order valence-corrected chi connectivity index (χ2v) is 4.62. The number of nitrogens with two attached hydrogens (primary N) is 1. The fourth-order valence-electron chi connectivity index (χ4n) is 2.02. The average Bonchev–Trinajstić information content (AvgIpc) is 2.77. The zero-order valence-electron chi connectivity index (χ0n) is 8.33. The van der Waals surface area contributed by atoms with Gasteiger partial charge in [-0.15, -0.1) is 0 Å². The molecule has 80 valence electrons. The Hall–Kier alpha value is -0.610. The first-order chi connectivity index (χ1) is 6.62. The monoisotopic (exact) mass is 198 g/mol. The van der Waals surface area contributed by atoms with Crippen LogP contribution in [0.4, 0.5) is 0 Å². The summed E-state index contributed by atoms with van der Waals surface area (Å²) in [5, 5.41) is 12.4. The van der Waals surface area contributed by atoms with Crippen LogP contribution in [-0.4, -0.2) is 29.2 Å². The summed E-state index contributed by atoms with van der Waals surface area (Å²) in [5.41, 5.74) is 5.16. The minimum Gasteiger partial charge on any atom is -0.393 e. The Morgan fingerprint density at radius 3 is 2.71 bits per heavy atom. The number of amides is 1. The molecule has 0 aromatic heterocycles. The maximum atomic E-state index is 11.5. The Labute approximate surface area is 83.9 Å². The van der Waals surface area contributed by atoms with Gasteiger partial charge in [0, 0.05) is 12.5 Å². The van der Waals surface area contributed by atoms with E-state index >= 15 is 0 Å². The van der Waals surface area contributed by atoms with Crippen molar-refractivity contribution >= 4 is 5.91 Å². The third kappa shape index (κ3) is 1.91. The van der Waals surface area contributed by atoms with Gasteiger partial charge in [-0.2, -0.15) is 0 Å². The lowest BCUT2D eigenvalue weighted by molar-refractivity contribution is -0.123. The molecule has 2 unspecified atom stereocenters. The highest BCUT2D eigenvalue weighted by molar-refractivity contribution is 5.88. The van der Waals surface area contributed by atoms with Crippen LogP contribution in [0.2, 0.25) is 0 Å². The van der Waals surface area contributed by atoms with Gasteiger partial charge in [-0.1, -0.05) is 6.42 Å². The van der Waals surface area contributed by atoms with Crippen LogP contribution in [-0.2, 0) is 4.79 Å². The summed E-state index contributed by atoms with van der Waals surface area (Å²) in [5.74, 6) is 0.193. The first kappa shape index (κ1) is 9.93. The summed E-state index contributed by atoms with van der Waals surface area (Å²) in [6.07, 6.45) is 4.31. The summed E-state index contributed by atoms with van der Waals surface area (Å²) < 4.78 is 0. The number of hydrogen-bond donors (Lipinski definition) is 3. The van der Waals surface area contributed by atoms with E-state index in [9.17, 15) is 9.90 Å². The normalized spacial score (nSPS) is 34.1. The van der Waals surface area contributed by atoms with Crippen LogP contribution in [0.5, 0.6) is 0 Å². The molecule has 0 bridgehead atoms. The summed E-state index contributed by atoms with van der Waals surface area (Å²) in [4.78, 5) is 11.5. The minimum atomic E-state index is -0.580. The van der Waals surface area contributed by atoms with Crippen LogP contribution in [0.1, 0.15) is 32.1 Å². The van der Waals surface area contributed by atoms with E-state index in [1.54, 1.807) is 0 Å². The Kier molecular flexibility index (Phi) is 2.49. The van der Waals surface area contributed by atoms with Crippen LogP contribution in [0.15, 0.2) is 0 Å². The molecule has 0 saturated heterocycles. The summed E-state index contributed by atoms with van der Waals surface area (Å²) in [7, 11) is 0. The van der Waals surface area contributed by atoms with Crippen LogP contribution in [0.25, 0.3) is 0 Å². The summed E-state index contributed by atoms with van der Waals surface area (Å²) in [6.45, 7) is 0.582. The number of aliphatic hydroxyl groups is 1. The fourth-order valence-corrected chi connectivity index (χ4v) is 2.02. The molecule has 4 N–H and O–H groups in total. The quantitative estimate of drug-likeness (QED) is 0.585. The third-order valence-electron chi connectivity index (χ3n) is 3.38. The van der Waals surface area contributed by atoms with E-state index < -0.39 is 5.54 Å². The lowest BCUT2D eigenvalue weighted by Crippen LogP contribution is -2.45. The Bertz CT molecular complexity index is 238. The Morgan fingerprint density at radius 2 is 2.21 bits per heavy atom. The highest BCUT2D eigenvalue weighted by Gasteiger charge is 2.46. The first-order valence-electron chi connectivity index (χ1n) is 5.37. The maximum absolute atomic E-state index is 11.5. The smallest absolute Gasteiger partial charge is 0.240 e. The SMILES string of the molecule is NC1(C(=O)NCC2CCCC2O)CC1. The molecule has 0 aliphatic heterocycles. The highest BCUT2D eigenvalue weighted by Crippen LogP contribution is 2.32. The van der Waals surface area contributed by atoms with Crippen LogP contribution < -0.4 is 11.1 Å². The topological polar surface area (TPSA) is 75.4 Å². The van der Waals surface area contributed by atoms with E-state index in [4.69, 9.17) is 5.73 Å². The number of rotatable bonds is 3. The van der Waals surface area contributed by atoms with Gasteiger partial charge in [-0.05, 0) is 25.7 Å². The van der Waals surface area contributed by atoms with Gasteiger partial charge in [-0.25, -0.2) is 0 Å². The molecule has 0 heterocycles.